The van der Waals surface area contributed by atoms with Crippen LogP contribution in [0, 0.1) is 13.8 Å². The van der Waals surface area contributed by atoms with Gasteiger partial charge < -0.3 is 19.6 Å². The summed E-state index contributed by atoms with van der Waals surface area (Å²) in [6.07, 6.45) is 1.75. The summed E-state index contributed by atoms with van der Waals surface area (Å²) in [5.74, 6) is 0.538. The van der Waals surface area contributed by atoms with Crippen molar-refractivity contribution in [1.82, 2.24) is 5.32 Å². The predicted molar refractivity (Wildman–Crippen MR) is 156 cm³/mol. The standard InChI is InChI=1S/C32H33NO5S/c1-20-9-11-22(12-10-20)28-15-16-29(38-28)30(37-3)23-13-14-25(26(19-23)24-8-6-5-7-21(24)2)31(34)33-27(32(35)36)17-18-39-4/h5-16,19,27,30H,17-18H2,1-4H3,(H,33,34)(H,35,36). The van der Waals surface area contributed by atoms with E-state index in [0.717, 1.165) is 28.0 Å². The van der Waals surface area contributed by atoms with Gasteiger partial charge in [-0.1, -0.05) is 60.2 Å². The number of nitrogens with one attached hydrogen (secondary N) is 1. The topological polar surface area (TPSA) is 88.8 Å². The molecule has 0 spiro atoms. The van der Waals surface area contributed by atoms with E-state index in [4.69, 9.17) is 9.15 Å². The number of furan rings is 1. The lowest BCUT2D eigenvalue weighted by molar-refractivity contribution is -0.139. The smallest absolute Gasteiger partial charge is 0.326 e. The molecule has 202 valence electrons. The lowest BCUT2D eigenvalue weighted by atomic mass is 9.92. The van der Waals surface area contributed by atoms with Crippen molar-refractivity contribution in [1.29, 1.82) is 0 Å². The van der Waals surface area contributed by atoms with E-state index < -0.39 is 24.0 Å². The number of carboxylic acid groups (broad SMARTS) is 1. The number of carboxylic acids is 1. The summed E-state index contributed by atoms with van der Waals surface area (Å²) in [5.41, 5.74) is 5.94. The van der Waals surface area contributed by atoms with Crippen molar-refractivity contribution >= 4 is 23.6 Å². The summed E-state index contributed by atoms with van der Waals surface area (Å²) >= 11 is 1.54. The van der Waals surface area contributed by atoms with Crippen molar-refractivity contribution in [2.24, 2.45) is 0 Å². The van der Waals surface area contributed by atoms with Crippen LogP contribution in [0.4, 0.5) is 0 Å². The zero-order valence-corrected chi connectivity index (χ0v) is 23.4. The fourth-order valence-corrected chi connectivity index (χ4v) is 5.00. The molecule has 0 aliphatic carbocycles. The number of aryl methyl sites for hydroxylation is 2. The Bertz CT molecular complexity index is 1440. The number of hydrogen-bond acceptors (Lipinski definition) is 5. The second kappa shape index (κ2) is 12.8. The van der Waals surface area contributed by atoms with Gasteiger partial charge in [-0.15, -0.1) is 0 Å². The third-order valence-electron chi connectivity index (χ3n) is 6.70. The van der Waals surface area contributed by atoms with Crippen LogP contribution in [0.15, 0.2) is 83.3 Å². The summed E-state index contributed by atoms with van der Waals surface area (Å²) in [6.45, 7) is 4.02. The molecule has 0 aliphatic rings. The van der Waals surface area contributed by atoms with E-state index in [0.29, 0.717) is 29.1 Å². The van der Waals surface area contributed by atoms with Crippen LogP contribution in [0.3, 0.4) is 0 Å². The summed E-state index contributed by atoms with van der Waals surface area (Å²) in [4.78, 5) is 25.2. The molecule has 2 unspecified atom stereocenters. The van der Waals surface area contributed by atoms with Crippen molar-refractivity contribution in [2.75, 3.05) is 19.1 Å². The number of thioether (sulfide) groups is 1. The molecule has 0 saturated carbocycles. The minimum absolute atomic E-state index is 0.341. The molecule has 0 bridgehead atoms. The van der Waals surface area contributed by atoms with Gasteiger partial charge in [0.1, 0.15) is 23.7 Å². The third kappa shape index (κ3) is 6.61. The molecule has 2 N–H and O–H groups in total. The average Bonchev–Trinajstić information content (AvgIpc) is 3.41. The first kappa shape index (κ1) is 28.2. The number of benzene rings is 3. The summed E-state index contributed by atoms with van der Waals surface area (Å²) in [5, 5.41) is 12.4. The van der Waals surface area contributed by atoms with E-state index in [1.165, 1.54) is 5.56 Å². The van der Waals surface area contributed by atoms with Crippen LogP contribution < -0.4 is 5.32 Å². The van der Waals surface area contributed by atoms with Crippen molar-refractivity contribution in [3.63, 3.8) is 0 Å². The lowest BCUT2D eigenvalue weighted by Gasteiger charge is -2.19. The Morgan fingerprint density at radius 2 is 1.72 bits per heavy atom. The maximum atomic E-state index is 13.4. The van der Waals surface area contributed by atoms with Gasteiger partial charge in [-0.3, -0.25) is 4.79 Å². The minimum Gasteiger partial charge on any atom is -0.480 e. The first-order valence-electron chi connectivity index (χ1n) is 12.7. The minimum atomic E-state index is -1.05. The van der Waals surface area contributed by atoms with Crippen LogP contribution in [0.25, 0.3) is 22.5 Å². The first-order valence-corrected chi connectivity index (χ1v) is 14.1. The van der Waals surface area contributed by atoms with Gasteiger partial charge in [0.05, 0.1) is 0 Å². The molecule has 3 aromatic carbocycles. The number of methoxy groups -OCH3 is 1. The fraction of sp³-hybridized carbons (Fsp3) is 0.250. The van der Waals surface area contributed by atoms with Gasteiger partial charge in [-0.2, -0.15) is 11.8 Å². The SMILES string of the molecule is COC(c1ccc(C(=O)NC(CCSC)C(=O)O)c(-c2ccccc2C)c1)c1ccc(-c2ccc(C)cc2)o1. The normalized spacial score (nSPS) is 12.6. The number of aliphatic carboxylic acids is 1. The number of ether oxygens (including phenoxy) is 1. The molecule has 2 atom stereocenters. The quantitative estimate of drug-likeness (QED) is 0.214. The Morgan fingerprint density at radius 1 is 0.974 bits per heavy atom. The lowest BCUT2D eigenvalue weighted by Crippen LogP contribution is -2.41. The Kier molecular flexibility index (Phi) is 9.28. The molecule has 7 heteroatoms. The van der Waals surface area contributed by atoms with Crippen molar-refractivity contribution < 1.29 is 23.8 Å². The molecule has 1 aromatic heterocycles. The van der Waals surface area contributed by atoms with E-state index in [9.17, 15) is 14.7 Å². The molecule has 0 saturated heterocycles. The Morgan fingerprint density at radius 3 is 2.38 bits per heavy atom. The molecule has 4 aromatic rings. The van der Waals surface area contributed by atoms with Gasteiger partial charge in [0.2, 0.25) is 0 Å². The number of hydrogen-bond donors (Lipinski definition) is 2. The average molecular weight is 544 g/mol. The van der Waals surface area contributed by atoms with E-state index in [1.54, 1.807) is 24.9 Å². The molecule has 1 heterocycles. The molecule has 0 aliphatic heterocycles. The van der Waals surface area contributed by atoms with E-state index in [-0.39, 0.29) is 0 Å². The highest BCUT2D eigenvalue weighted by Crippen LogP contribution is 2.35. The molecular weight excluding hydrogens is 510 g/mol. The highest BCUT2D eigenvalue weighted by Gasteiger charge is 2.25. The molecule has 6 nitrogen and oxygen atoms in total. The predicted octanol–water partition coefficient (Wildman–Crippen LogP) is 6.90. The van der Waals surface area contributed by atoms with Crippen LogP contribution in [0.2, 0.25) is 0 Å². The number of rotatable bonds is 11. The van der Waals surface area contributed by atoms with Crippen LogP contribution in [-0.4, -0.2) is 42.1 Å². The van der Waals surface area contributed by atoms with Crippen LogP contribution in [-0.2, 0) is 9.53 Å². The molecule has 0 radical (unpaired) electrons. The zero-order chi connectivity index (χ0) is 27.9. The Hall–Kier alpha value is -3.81. The number of amides is 1. The zero-order valence-electron chi connectivity index (χ0n) is 22.6. The van der Waals surface area contributed by atoms with E-state index >= 15 is 0 Å². The van der Waals surface area contributed by atoms with E-state index in [1.807, 2.05) is 92.9 Å². The van der Waals surface area contributed by atoms with Gasteiger partial charge >= 0.3 is 5.97 Å². The second-order valence-electron chi connectivity index (χ2n) is 9.45. The fourth-order valence-electron chi connectivity index (χ4n) is 4.53. The van der Waals surface area contributed by atoms with Gasteiger partial charge in [0, 0.05) is 18.2 Å². The summed E-state index contributed by atoms with van der Waals surface area (Å²) < 4.78 is 12.1. The van der Waals surface area contributed by atoms with Crippen LogP contribution >= 0.6 is 11.8 Å². The summed E-state index contributed by atoms with van der Waals surface area (Å²) in [7, 11) is 1.62. The molecule has 39 heavy (non-hydrogen) atoms. The van der Waals surface area contributed by atoms with Gasteiger partial charge in [-0.05, 0) is 78.8 Å². The van der Waals surface area contributed by atoms with Crippen molar-refractivity contribution in [2.45, 2.75) is 32.4 Å². The monoisotopic (exact) mass is 543 g/mol. The van der Waals surface area contributed by atoms with Crippen LogP contribution in [0.5, 0.6) is 0 Å². The second-order valence-corrected chi connectivity index (χ2v) is 10.4. The van der Waals surface area contributed by atoms with Gasteiger partial charge in [0.15, 0.2) is 0 Å². The molecule has 1 amide bonds. The van der Waals surface area contributed by atoms with Gasteiger partial charge in [-0.25, -0.2) is 4.79 Å². The summed E-state index contributed by atoms with van der Waals surface area (Å²) in [6, 6.07) is 24.3. The van der Waals surface area contributed by atoms with Crippen molar-refractivity contribution in [3.05, 3.63) is 107 Å². The van der Waals surface area contributed by atoms with E-state index in [2.05, 4.69) is 5.32 Å². The largest absolute Gasteiger partial charge is 0.480 e. The molecular formula is C32H33NO5S. The number of carbonyl (C=O) groups excluding carboxylic acids is 1. The number of carbonyl (C=O) groups is 2. The maximum Gasteiger partial charge on any atom is 0.326 e. The van der Waals surface area contributed by atoms with Crippen LogP contribution in [0.1, 0.15) is 45.3 Å². The van der Waals surface area contributed by atoms with Gasteiger partial charge in [0.25, 0.3) is 5.91 Å². The molecule has 0 fully saturated rings. The van der Waals surface area contributed by atoms with Crippen molar-refractivity contribution in [3.8, 4) is 22.5 Å². The highest BCUT2D eigenvalue weighted by molar-refractivity contribution is 7.98. The molecule has 4 rings (SSSR count). The third-order valence-corrected chi connectivity index (χ3v) is 7.34. The maximum absolute atomic E-state index is 13.4. The Balaban J connectivity index is 1.72. The highest BCUT2D eigenvalue weighted by atomic mass is 32.2. The Labute approximate surface area is 233 Å². The first-order chi connectivity index (χ1) is 18.8.